The Hall–Kier alpha value is -2.87. The van der Waals surface area contributed by atoms with E-state index in [1.807, 2.05) is 35.2 Å². The molecule has 184 valence electrons. The molecule has 1 saturated heterocycles. The first kappa shape index (κ1) is 24.3. The van der Waals surface area contributed by atoms with Crippen LogP contribution in [0.4, 0.5) is 4.79 Å². The van der Waals surface area contributed by atoms with E-state index in [0.717, 1.165) is 49.2 Å². The molecule has 34 heavy (non-hydrogen) atoms. The minimum absolute atomic E-state index is 0.0972. The fraction of sp³-hybridized carbons (Fsp3) is 0.577. The number of ether oxygens (including phenoxy) is 2. The van der Waals surface area contributed by atoms with Crippen LogP contribution in [0, 0.1) is 5.92 Å². The number of benzene rings is 1. The maximum absolute atomic E-state index is 13.5. The molecule has 4 rings (SSSR count). The zero-order valence-electron chi connectivity index (χ0n) is 20.4. The van der Waals surface area contributed by atoms with E-state index in [9.17, 15) is 9.59 Å². The minimum Gasteiger partial charge on any atom is -0.453 e. The van der Waals surface area contributed by atoms with E-state index < -0.39 is 6.09 Å². The first-order chi connectivity index (χ1) is 16.5. The average Bonchev–Trinajstić information content (AvgIpc) is 3.60. The number of hydrogen-bond acceptors (Lipinski definition) is 5. The van der Waals surface area contributed by atoms with Gasteiger partial charge in [0.25, 0.3) is 5.91 Å². The van der Waals surface area contributed by atoms with Crippen molar-refractivity contribution in [1.29, 1.82) is 0 Å². The summed E-state index contributed by atoms with van der Waals surface area (Å²) in [5.41, 5.74) is 1.90. The third kappa shape index (κ3) is 5.78. The molecule has 0 spiro atoms. The maximum atomic E-state index is 13.5. The zero-order chi connectivity index (χ0) is 24.1. The number of amides is 2. The molecule has 8 nitrogen and oxygen atoms in total. The Morgan fingerprint density at radius 2 is 2.00 bits per heavy atom. The van der Waals surface area contributed by atoms with Crippen LogP contribution in [0.2, 0.25) is 0 Å². The van der Waals surface area contributed by atoms with Crippen LogP contribution in [0.5, 0.6) is 0 Å². The molecule has 8 heteroatoms. The molecule has 0 bridgehead atoms. The molecule has 1 N–H and O–H groups in total. The van der Waals surface area contributed by atoms with Crippen LogP contribution >= 0.6 is 0 Å². The number of imidazole rings is 1. The third-order valence-corrected chi connectivity index (χ3v) is 6.68. The maximum Gasteiger partial charge on any atom is 0.406 e. The predicted octanol–water partition coefficient (Wildman–Crippen LogP) is 4.16. The Labute approximate surface area is 201 Å². The number of nitrogens with one attached hydrogen (secondary N) is 1. The van der Waals surface area contributed by atoms with Crippen molar-refractivity contribution in [3.8, 4) is 11.4 Å². The third-order valence-electron chi connectivity index (χ3n) is 6.68. The summed E-state index contributed by atoms with van der Waals surface area (Å²) >= 11 is 0. The molecule has 2 amide bonds. The van der Waals surface area contributed by atoms with Gasteiger partial charge in [-0.3, -0.25) is 4.79 Å². The van der Waals surface area contributed by atoms with Crippen molar-refractivity contribution in [3.05, 3.63) is 42.2 Å². The van der Waals surface area contributed by atoms with E-state index in [1.54, 1.807) is 0 Å². The van der Waals surface area contributed by atoms with Gasteiger partial charge in [0, 0.05) is 30.9 Å². The van der Waals surface area contributed by atoms with Crippen molar-refractivity contribution in [2.45, 2.75) is 70.7 Å². The molecule has 1 saturated carbocycles. The molecule has 2 aromatic rings. The second kappa shape index (κ2) is 11.0. The number of rotatable bonds is 9. The van der Waals surface area contributed by atoms with E-state index in [1.165, 1.54) is 7.11 Å². The lowest BCUT2D eigenvalue weighted by atomic mass is 9.99. The number of nitrogens with zero attached hydrogens (tertiary/aromatic N) is 3. The predicted molar refractivity (Wildman–Crippen MR) is 129 cm³/mol. The largest absolute Gasteiger partial charge is 0.453 e. The highest BCUT2D eigenvalue weighted by atomic mass is 16.5. The molecular weight excluding hydrogens is 432 g/mol. The number of alkyl carbamates (subject to hydrolysis) is 1. The first-order valence-corrected chi connectivity index (χ1v) is 12.4. The fourth-order valence-corrected chi connectivity index (χ4v) is 4.56. The summed E-state index contributed by atoms with van der Waals surface area (Å²) in [5.74, 6) is 1.47. The van der Waals surface area contributed by atoms with Crippen LogP contribution in [0.15, 0.2) is 36.5 Å². The van der Waals surface area contributed by atoms with Gasteiger partial charge in [0.1, 0.15) is 11.9 Å². The summed E-state index contributed by atoms with van der Waals surface area (Å²) < 4.78 is 12.7. The molecule has 0 radical (unpaired) electrons. The first-order valence-electron chi connectivity index (χ1n) is 12.4. The van der Waals surface area contributed by atoms with Crippen molar-refractivity contribution < 1.29 is 19.1 Å². The Kier molecular flexibility index (Phi) is 7.88. The number of aromatic nitrogens is 2. The van der Waals surface area contributed by atoms with Crippen LogP contribution in [0.3, 0.4) is 0 Å². The molecule has 1 aliphatic heterocycles. The van der Waals surface area contributed by atoms with Gasteiger partial charge in [-0.15, -0.1) is 0 Å². The molecule has 0 unspecified atom stereocenters. The quantitative estimate of drug-likeness (QED) is 0.559. The highest BCUT2D eigenvalue weighted by Crippen LogP contribution is 2.36. The van der Waals surface area contributed by atoms with Gasteiger partial charge >= 0.3 is 6.09 Å². The van der Waals surface area contributed by atoms with Gasteiger partial charge in [-0.05, 0) is 44.9 Å². The lowest BCUT2D eigenvalue weighted by Gasteiger charge is -2.34. The molecular formula is C26H36N4O4. The van der Waals surface area contributed by atoms with Gasteiger partial charge in [0.2, 0.25) is 0 Å². The monoisotopic (exact) mass is 468 g/mol. The van der Waals surface area contributed by atoms with Crippen molar-refractivity contribution in [2.24, 2.45) is 5.92 Å². The average molecular weight is 469 g/mol. The summed E-state index contributed by atoms with van der Waals surface area (Å²) in [6.45, 7) is 6.08. The van der Waals surface area contributed by atoms with Gasteiger partial charge in [-0.1, -0.05) is 37.3 Å². The van der Waals surface area contributed by atoms with E-state index >= 15 is 0 Å². The summed E-state index contributed by atoms with van der Waals surface area (Å²) in [6.07, 6.45) is 5.88. The minimum atomic E-state index is -0.430. The van der Waals surface area contributed by atoms with E-state index in [0.29, 0.717) is 25.6 Å². The van der Waals surface area contributed by atoms with Crippen molar-refractivity contribution in [3.63, 3.8) is 0 Å². The summed E-state index contributed by atoms with van der Waals surface area (Å²) in [5, 5.41) is 2.73. The molecule has 1 aromatic carbocycles. The Balaban J connectivity index is 1.53. The summed E-state index contributed by atoms with van der Waals surface area (Å²) in [4.78, 5) is 31.9. The zero-order valence-corrected chi connectivity index (χ0v) is 20.4. The normalized spacial score (nSPS) is 21.0. The van der Waals surface area contributed by atoms with Crippen LogP contribution in [-0.2, 0) is 20.8 Å². The topological polar surface area (TPSA) is 85.7 Å². The Bertz CT molecular complexity index is 964. The van der Waals surface area contributed by atoms with Gasteiger partial charge in [-0.2, -0.15) is 0 Å². The van der Waals surface area contributed by atoms with Gasteiger partial charge in [0.15, 0.2) is 0 Å². The number of methoxy groups -OCH3 is 1. The highest BCUT2D eigenvalue weighted by Gasteiger charge is 2.41. The van der Waals surface area contributed by atoms with Crippen LogP contribution in [0.1, 0.15) is 57.7 Å². The standard InChI is InChI=1S/C26H36N4O4/c1-18-10-13-23(34-17-18)25(31)30(21-11-12-21)19(2)22-16-29(15-7-14-27-26(32)33-3)24(28-22)20-8-5-4-6-9-20/h4-6,8-9,16,18-19,21,23H,7,10-15,17H2,1-3H3,(H,27,32)/t18-,19-,23-/m1/s1. The lowest BCUT2D eigenvalue weighted by molar-refractivity contribution is -0.151. The van der Waals surface area contributed by atoms with Crippen LogP contribution in [0.25, 0.3) is 11.4 Å². The van der Waals surface area contributed by atoms with Crippen LogP contribution < -0.4 is 5.32 Å². The van der Waals surface area contributed by atoms with E-state index in [2.05, 4.69) is 34.7 Å². The number of aryl methyl sites for hydroxylation is 1. The van der Waals surface area contributed by atoms with Gasteiger partial charge in [-0.25, -0.2) is 9.78 Å². The lowest BCUT2D eigenvalue weighted by Crippen LogP contribution is -2.45. The SMILES string of the molecule is COC(=O)NCCCn1cc([C@@H](C)N(C(=O)[C@H]2CC[C@@H](C)CO2)C2CC2)nc1-c1ccccc1. The van der Waals surface area contributed by atoms with Gasteiger partial charge < -0.3 is 24.3 Å². The highest BCUT2D eigenvalue weighted by molar-refractivity contribution is 5.82. The molecule has 1 aromatic heterocycles. The van der Waals surface area contributed by atoms with E-state index in [-0.39, 0.29) is 24.1 Å². The smallest absolute Gasteiger partial charge is 0.406 e. The molecule has 3 atom stereocenters. The summed E-state index contributed by atoms with van der Waals surface area (Å²) in [6, 6.07) is 10.2. The molecule has 2 fully saturated rings. The second-order valence-corrected chi connectivity index (χ2v) is 9.48. The number of hydrogen-bond donors (Lipinski definition) is 1. The van der Waals surface area contributed by atoms with Crippen LogP contribution in [-0.4, -0.2) is 58.9 Å². The van der Waals surface area contributed by atoms with E-state index in [4.69, 9.17) is 9.72 Å². The molecule has 2 aliphatic rings. The van der Waals surface area contributed by atoms with Gasteiger partial charge in [0.05, 0.1) is 25.5 Å². The van der Waals surface area contributed by atoms with Crippen molar-refractivity contribution in [1.82, 2.24) is 19.8 Å². The number of carbonyl (C=O) groups is 2. The summed E-state index contributed by atoms with van der Waals surface area (Å²) in [7, 11) is 1.36. The second-order valence-electron chi connectivity index (χ2n) is 9.48. The van der Waals surface area contributed by atoms with Crippen molar-refractivity contribution in [2.75, 3.05) is 20.3 Å². The Morgan fingerprint density at radius 1 is 1.24 bits per heavy atom. The Morgan fingerprint density at radius 3 is 2.65 bits per heavy atom. The number of carbonyl (C=O) groups excluding carboxylic acids is 2. The fourth-order valence-electron chi connectivity index (χ4n) is 4.56. The molecule has 1 aliphatic carbocycles. The molecule has 2 heterocycles. The van der Waals surface area contributed by atoms with Crippen molar-refractivity contribution >= 4 is 12.0 Å².